The molecule has 1 atom stereocenters. The maximum atomic E-state index is 11.8. The molecule has 3 heteroatoms. The van der Waals surface area contributed by atoms with Crippen molar-refractivity contribution < 1.29 is 4.79 Å². The molecule has 2 N–H and O–H groups in total. The normalized spacial score (nSPS) is 14.7. The number of carbonyl (C=O) groups excluding carboxylic acids is 1. The lowest BCUT2D eigenvalue weighted by Crippen LogP contribution is -2.45. The molecule has 82 valence electrons. The molecular weight excluding hydrogens is 210 g/mol. The summed E-state index contributed by atoms with van der Waals surface area (Å²) >= 11 is 5.97. The summed E-state index contributed by atoms with van der Waals surface area (Å²) in [6.07, 6.45) is 0.941. The van der Waals surface area contributed by atoms with Crippen LogP contribution in [0.15, 0.2) is 24.3 Å². The van der Waals surface area contributed by atoms with Crippen molar-refractivity contribution in [3.63, 3.8) is 0 Å². The van der Waals surface area contributed by atoms with Crippen molar-refractivity contribution in [3.05, 3.63) is 34.9 Å². The molecule has 1 aromatic carbocycles. The number of nitrogens with two attached hydrogens (primary N) is 1. The van der Waals surface area contributed by atoms with E-state index in [0.717, 1.165) is 5.56 Å². The monoisotopic (exact) mass is 225 g/mol. The topological polar surface area (TPSA) is 43.1 Å². The molecule has 1 rings (SSSR count). The van der Waals surface area contributed by atoms with Gasteiger partial charge in [0.15, 0.2) is 5.78 Å². The molecule has 0 heterocycles. The van der Waals surface area contributed by atoms with Crippen LogP contribution in [0.2, 0.25) is 5.02 Å². The number of hydrogen-bond acceptors (Lipinski definition) is 2. The van der Waals surface area contributed by atoms with Crippen LogP contribution in [0.5, 0.6) is 0 Å². The Morgan fingerprint density at radius 1 is 1.47 bits per heavy atom. The van der Waals surface area contributed by atoms with Crippen LogP contribution < -0.4 is 5.73 Å². The van der Waals surface area contributed by atoms with E-state index in [1.54, 1.807) is 13.0 Å². The number of hydrogen-bond donors (Lipinski definition) is 1. The first kappa shape index (κ1) is 12.2. The van der Waals surface area contributed by atoms with Crippen LogP contribution in [-0.2, 0) is 11.2 Å². The van der Waals surface area contributed by atoms with E-state index < -0.39 is 5.54 Å². The Bertz CT molecular complexity index is 360. The quantitative estimate of drug-likeness (QED) is 0.856. The van der Waals surface area contributed by atoms with Crippen molar-refractivity contribution >= 4 is 17.4 Å². The molecule has 15 heavy (non-hydrogen) atoms. The van der Waals surface area contributed by atoms with Crippen molar-refractivity contribution in [2.45, 2.75) is 32.2 Å². The number of ketones is 1. The first-order valence-corrected chi connectivity index (χ1v) is 5.40. The summed E-state index contributed by atoms with van der Waals surface area (Å²) in [5.74, 6) is 0.0260. The van der Waals surface area contributed by atoms with Gasteiger partial charge in [-0.2, -0.15) is 0 Å². The Hall–Kier alpha value is -0.860. The molecule has 2 nitrogen and oxygen atoms in total. The molecule has 0 spiro atoms. The first-order chi connectivity index (χ1) is 6.97. The summed E-state index contributed by atoms with van der Waals surface area (Å²) in [5.41, 5.74) is 5.96. The molecule has 1 unspecified atom stereocenters. The van der Waals surface area contributed by atoms with Crippen LogP contribution in [0, 0.1) is 0 Å². The van der Waals surface area contributed by atoms with Gasteiger partial charge in [0.05, 0.1) is 5.54 Å². The highest BCUT2D eigenvalue weighted by Gasteiger charge is 2.25. The van der Waals surface area contributed by atoms with Crippen LogP contribution >= 0.6 is 11.6 Å². The maximum Gasteiger partial charge on any atom is 0.156 e. The van der Waals surface area contributed by atoms with Crippen molar-refractivity contribution in [3.8, 4) is 0 Å². The maximum absolute atomic E-state index is 11.8. The van der Waals surface area contributed by atoms with Crippen molar-refractivity contribution in [2.75, 3.05) is 0 Å². The zero-order valence-electron chi connectivity index (χ0n) is 9.09. The first-order valence-electron chi connectivity index (χ1n) is 5.03. The standard InChI is InChI=1S/C12H16ClNO/c1-3-12(2,14)11(15)8-9-6-4-5-7-10(9)13/h4-7H,3,8,14H2,1-2H3. The second kappa shape index (κ2) is 4.77. The lowest BCUT2D eigenvalue weighted by Gasteiger charge is -2.21. The molecule has 0 aromatic heterocycles. The minimum Gasteiger partial charge on any atom is -0.319 e. The lowest BCUT2D eigenvalue weighted by atomic mass is 9.90. The summed E-state index contributed by atoms with van der Waals surface area (Å²) in [5, 5.41) is 0.623. The number of halogens is 1. The number of rotatable bonds is 4. The van der Waals surface area contributed by atoms with Crippen LogP contribution in [-0.4, -0.2) is 11.3 Å². The van der Waals surface area contributed by atoms with Gasteiger partial charge in [-0.1, -0.05) is 36.7 Å². The Morgan fingerprint density at radius 2 is 2.07 bits per heavy atom. The highest BCUT2D eigenvalue weighted by molar-refractivity contribution is 6.31. The fourth-order valence-corrected chi connectivity index (χ4v) is 1.42. The number of Topliss-reactive ketones (excluding diaryl/α,β-unsaturated/α-hetero) is 1. The second-order valence-corrected chi connectivity index (χ2v) is 4.37. The van der Waals surface area contributed by atoms with Gasteiger partial charge in [0, 0.05) is 11.4 Å². The number of carbonyl (C=O) groups is 1. The molecule has 0 bridgehead atoms. The molecule has 0 fully saturated rings. The summed E-state index contributed by atoms with van der Waals surface area (Å²) in [4.78, 5) is 11.8. The Morgan fingerprint density at radius 3 is 2.60 bits per heavy atom. The Kier molecular flexibility index (Phi) is 3.89. The van der Waals surface area contributed by atoms with Gasteiger partial charge in [-0.05, 0) is 25.0 Å². The summed E-state index contributed by atoms with van der Waals surface area (Å²) in [6.45, 7) is 3.66. The Labute approximate surface area is 95.4 Å². The van der Waals surface area contributed by atoms with Gasteiger partial charge in [-0.25, -0.2) is 0 Å². The largest absolute Gasteiger partial charge is 0.319 e. The van der Waals surface area contributed by atoms with E-state index in [2.05, 4.69) is 0 Å². The van der Waals surface area contributed by atoms with Crippen LogP contribution in [0.4, 0.5) is 0 Å². The van der Waals surface area contributed by atoms with Crippen LogP contribution in [0.1, 0.15) is 25.8 Å². The lowest BCUT2D eigenvalue weighted by molar-refractivity contribution is -0.123. The molecule has 0 amide bonds. The van der Waals surface area contributed by atoms with E-state index >= 15 is 0 Å². The average molecular weight is 226 g/mol. The molecule has 0 radical (unpaired) electrons. The second-order valence-electron chi connectivity index (χ2n) is 3.96. The van der Waals surface area contributed by atoms with E-state index in [1.165, 1.54) is 0 Å². The van der Waals surface area contributed by atoms with E-state index in [1.807, 2.05) is 25.1 Å². The SMILES string of the molecule is CCC(C)(N)C(=O)Cc1ccccc1Cl. The summed E-state index contributed by atoms with van der Waals surface area (Å²) < 4.78 is 0. The van der Waals surface area contributed by atoms with Crippen molar-refractivity contribution in [1.82, 2.24) is 0 Å². The fourth-order valence-electron chi connectivity index (χ4n) is 1.21. The third-order valence-electron chi connectivity index (χ3n) is 2.68. The minimum absolute atomic E-state index is 0.0260. The molecule has 0 saturated heterocycles. The summed E-state index contributed by atoms with van der Waals surface area (Å²) in [7, 11) is 0. The minimum atomic E-state index is -0.751. The van der Waals surface area contributed by atoms with Gasteiger partial charge in [-0.15, -0.1) is 0 Å². The van der Waals surface area contributed by atoms with Gasteiger partial charge in [0.1, 0.15) is 0 Å². The van der Waals surface area contributed by atoms with Gasteiger partial charge in [0.2, 0.25) is 0 Å². The third kappa shape index (κ3) is 3.05. The smallest absolute Gasteiger partial charge is 0.156 e. The highest BCUT2D eigenvalue weighted by Crippen LogP contribution is 2.18. The van der Waals surface area contributed by atoms with E-state index in [4.69, 9.17) is 17.3 Å². The fraction of sp³-hybridized carbons (Fsp3) is 0.417. The average Bonchev–Trinajstić information content (AvgIpc) is 2.21. The van der Waals surface area contributed by atoms with Gasteiger partial charge in [0.25, 0.3) is 0 Å². The van der Waals surface area contributed by atoms with Crippen molar-refractivity contribution in [1.29, 1.82) is 0 Å². The van der Waals surface area contributed by atoms with Crippen LogP contribution in [0.3, 0.4) is 0 Å². The molecule has 0 saturated carbocycles. The molecule has 1 aromatic rings. The van der Waals surface area contributed by atoms with Gasteiger partial charge >= 0.3 is 0 Å². The van der Waals surface area contributed by atoms with E-state index in [0.29, 0.717) is 17.9 Å². The highest BCUT2D eigenvalue weighted by atomic mass is 35.5. The number of benzene rings is 1. The van der Waals surface area contributed by atoms with Crippen molar-refractivity contribution in [2.24, 2.45) is 5.73 Å². The third-order valence-corrected chi connectivity index (χ3v) is 3.05. The zero-order chi connectivity index (χ0) is 11.5. The van der Waals surface area contributed by atoms with Gasteiger partial charge in [-0.3, -0.25) is 4.79 Å². The summed E-state index contributed by atoms with van der Waals surface area (Å²) in [6, 6.07) is 7.35. The molecule has 0 aliphatic rings. The zero-order valence-corrected chi connectivity index (χ0v) is 9.84. The Balaban J connectivity index is 2.80. The molecule has 0 aliphatic heterocycles. The predicted octanol–water partition coefficient (Wildman–Crippen LogP) is 2.58. The van der Waals surface area contributed by atoms with Crippen LogP contribution in [0.25, 0.3) is 0 Å². The predicted molar refractivity (Wildman–Crippen MR) is 63.0 cm³/mol. The van der Waals surface area contributed by atoms with E-state index in [9.17, 15) is 4.79 Å². The molecular formula is C12H16ClNO. The van der Waals surface area contributed by atoms with E-state index in [-0.39, 0.29) is 5.78 Å². The van der Waals surface area contributed by atoms with Gasteiger partial charge < -0.3 is 5.73 Å². The molecule has 0 aliphatic carbocycles.